The first kappa shape index (κ1) is 35.3. The molecule has 0 unspecified atom stereocenters. The van der Waals surface area contributed by atoms with Crippen molar-refractivity contribution in [3.05, 3.63) is 218 Å². The second kappa shape index (κ2) is 14.1. The van der Waals surface area contributed by atoms with Crippen LogP contribution in [0.3, 0.4) is 0 Å². The second-order valence-electron chi connectivity index (χ2n) is 16.4. The highest BCUT2D eigenvalue weighted by Crippen LogP contribution is 2.46. The summed E-state index contributed by atoms with van der Waals surface area (Å²) in [4.78, 5) is 15.9. The van der Waals surface area contributed by atoms with Crippen LogP contribution in [0, 0.1) is 0 Å². The molecule has 0 aliphatic rings. The summed E-state index contributed by atoms with van der Waals surface area (Å²) in [6.45, 7) is 0. The van der Waals surface area contributed by atoms with Crippen LogP contribution in [0.1, 0.15) is 0 Å². The summed E-state index contributed by atoms with van der Waals surface area (Å²) in [5, 5.41) is 14.1. The molecular weight excluding hydrogens is 765 g/mol. The standard InChI is InChI=1S/C59H36N4/c1-2-17-40(18-3-1)57-60-58(46-29-27-38-15-5-7-20-42(38)33-46)62-59(61-57)53-36-51(45-28-26-37-14-4-6-19-41(37)32-45)56(49-25-13-12-24-48(49)53)63-54-35-44-22-9-8-21-43(44)34-52(54)50-31-30-39-16-10-11-23-47(39)55(50)63/h1-36H. The van der Waals surface area contributed by atoms with Crippen LogP contribution in [0.15, 0.2) is 218 Å². The lowest BCUT2D eigenvalue weighted by atomic mass is 9.92. The molecule has 0 saturated carbocycles. The molecule has 0 atom stereocenters. The number of aromatic nitrogens is 4. The third kappa shape index (κ3) is 5.73. The molecule has 0 saturated heterocycles. The van der Waals surface area contributed by atoms with Gasteiger partial charge in [0.1, 0.15) is 0 Å². The Labute approximate surface area is 363 Å². The van der Waals surface area contributed by atoms with Crippen LogP contribution in [-0.4, -0.2) is 19.5 Å². The van der Waals surface area contributed by atoms with Gasteiger partial charge in [0.15, 0.2) is 17.5 Å². The van der Waals surface area contributed by atoms with Crippen molar-refractivity contribution in [3.63, 3.8) is 0 Å². The van der Waals surface area contributed by atoms with Crippen molar-refractivity contribution in [1.82, 2.24) is 19.5 Å². The number of nitrogens with zero attached hydrogens (tertiary/aromatic N) is 4. The van der Waals surface area contributed by atoms with Crippen LogP contribution in [0.5, 0.6) is 0 Å². The number of rotatable bonds is 5. The van der Waals surface area contributed by atoms with Gasteiger partial charge in [0, 0.05) is 43.8 Å². The third-order valence-electron chi connectivity index (χ3n) is 12.7. The average molecular weight is 801 g/mol. The molecule has 4 nitrogen and oxygen atoms in total. The Morgan fingerprint density at radius 1 is 0.270 bits per heavy atom. The van der Waals surface area contributed by atoms with E-state index >= 15 is 0 Å². The molecule has 11 aromatic carbocycles. The van der Waals surface area contributed by atoms with Gasteiger partial charge >= 0.3 is 0 Å². The van der Waals surface area contributed by atoms with Crippen molar-refractivity contribution in [1.29, 1.82) is 0 Å². The van der Waals surface area contributed by atoms with Gasteiger partial charge in [0.25, 0.3) is 0 Å². The topological polar surface area (TPSA) is 43.6 Å². The Bertz CT molecular complexity index is 3980. The molecule has 292 valence electrons. The van der Waals surface area contributed by atoms with Gasteiger partial charge < -0.3 is 4.57 Å². The van der Waals surface area contributed by atoms with E-state index < -0.39 is 0 Å². The van der Waals surface area contributed by atoms with Crippen LogP contribution in [0.25, 0.3) is 127 Å². The molecule has 63 heavy (non-hydrogen) atoms. The molecule has 13 aromatic rings. The van der Waals surface area contributed by atoms with E-state index in [-0.39, 0.29) is 0 Å². The van der Waals surface area contributed by atoms with Gasteiger partial charge in [-0.05, 0) is 79.0 Å². The van der Waals surface area contributed by atoms with Crippen LogP contribution >= 0.6 is 0 Å². The summed E-state index contributed by atoms with van der Waals surface area (Å²) in [5.74, 6) is 1.88. The fourth-order valence-corrected chi connectivity index (χ4v) is 9.73. The van der Waals surface area contributed by atoms with Crippen molar-refractivity contribution < 1.29 is 0 Å². The molecule has 13 rings (SSSR count). The largest absolute Gasteiger partial charge is 0.307 e. The highest BCUT2D eigenvalue weighted by molar-refractivity contribution is 6.22. The normalized spacial score (nSPS) is 11.8. The van der Waals surface area contributed by atoms with E-state index in [2.05, 4.69) is 205 Å². The van der Waals surface area contributed by atoms with E-state index in [1.54, 1.807) is 0 Å². The first-order valence-electron chi connectivity index (χ1n) is 21.4. The van der Waals surface area contributed by atoms with E-state index in [0.29, 0.717) is 17.5 Å². The van der Waals surface area contributed by atoms with Gasteiger partial charge in [-0.2, -0.15) is 0 Å². The van der Waals surface area contributed by atoms with Gasteiger partial charge in [-0.15, -0.1) is 0 Å². The quantitative estimate of drug-likeness (QED) is 0.174. The molecule has 0 bridgehead atoms. The van der Waals surface area contributed by atoms with Crippen molar-refractivity contribution in [2.45, 2.75) is 0 Å². The monoisotopic (exact) mass is 800 g/mol. The Morgan fingerprint density at radius 3 is 1.49 bits per heavy atom. The Kier molecular flexibility index (Phi) is 7.87. The molecule has 2 heterocycles. The van der Waals surface area contributed by atoms with Crippen molar-refractivity contribution in [3.8, 4) is 51.0 Å². The highest BCUT2D eigenvalue weighted by Gasteiger charge is 2.24. The van der Waals surface area contributed by atoms with Gasteiger partial charge in [-0.25, -0.2) is 15.0 Å². The zero-order valence-electron chi connectivity index (χ0n) is 34.1. The van der Waals surface area contributed by atoms with Gasteiger partial charge in [0.05, 0.1) is 16.7 Å². The maximum absolute atomic E-state index is 5.38. The fourth-order valence-electron chi connectivity index (χ4n) is 9.73. The molecule has 0 fully saturated rings. The zero-order chi connectivity index (χ0) is 41.4. The number of hydrogen-bond acceptors (Lipinski definition) is 3. The summed E-state index contributed by atoms with van der Waals surface area (Å²) >= 11 is 0. The van der Waals surface area contributed by atoms with Gasteiger partial charge in [-0.1, -0.05) is 188 Å². The predicted molar refractivity (Wildman–Crippen MR) is 263 cm³/mol. The lowest BCUT2D eigenvalue weighted by Crippen LogP contribution is -2.04. The van der Waals surface area contributed by atoms with E-state index in [4.69, 9.17) is 15.0 Å². The van der Waals surface area contributed by atoms with Crippen LogP contribution in [0.2, 0.25) is 0 Å². The third-order valence-corrected chi connectivity index (χ3v) is 12.7. The lowest BCUT2D eigenvalue weighted by molar-refractivity contribution is 1.08. The number of hydrogen-bond donors (Lipinski definition) is 0. The SMILES string of the molecule is c1ccc(-c2nc(-c3ccc4ccccc4c3)nc(-c3cc(-c4ccc5ccccc5c4)c(-n4c5cc6ccccc6cc5c5ccc6ccccc6c54)c4ccccc34)n2)cc1. The molecule has 0 N–H and O–H groups in total. The Hall–Kier alpha value is -8.47. The van der Waals surface area contributed by atoms with Crippen LogP contribution < -0.4 is 0 Å². The minimum absolute atomic E-state index is 0.621. The second-order valence-corrected chi connectivity index (χ2v) is 16.4. The Morgan fingerprint density at radius 2 is 0.778 bits per heavy atom. The van der Waals surface area contributed by atoms with Crippen LogP contribution in [0.4, 0.5) is 0 Å². The highest BCUT2D eigenvalue weighted by atomic mass is 15.0. The average Bonchev–Trinajstić information content (AvgIpc) is 3.67. The molecule has 0 amide bonds. The first-order valence-corrected chi connectivity index (χ1v) is 21.4. The molecular formula is C59H36N4. The van der Waals surface area contributed by atoms with E-state index in [0.717, 1.165) is 55.2 Å². The van der Waals surface area contributed by atoms with E-state index in [1.807, 2.05) is 18.2 Å². The molecule has 0 radical (unpaired) electrons. The predicted octanol–water partition coefficient (Wildman–Crippen LogP) is 15.4. The van der Waals surface area contributed by atoms with Crippen molar-refractivity contribution in [2.75, 3.05) is 0 Å². The maximum atomic E-state index is 5.38. The Balaban J connectivity index is 1.18. The van der Waals surface area contributed by atoms with Gasteiger partial charge in [-0.3, -0.25) is 0 Å². The van der Waals surface area contributed by atoms with Crippen molar-refractivity contribution in [2.24, 2.45) is 0 Å². The number of benzene rings is 11. The molecule has 2 aromatic heterocycles. The number of fused-ring (bicyclic) bond motifs is 9. The summed E-state index contributed by atoms with van der Waals surface area (Å²) in [5.41, 5.74) is 8.46. The fraction of sp³-hybridized carbons (Fsp3) is 0. The minimum Gasteiger partial charge on any atom is -0.307 e. The lowest BCUT2D eigenvalue weighted by Gasteiger charge is -2.21. The summed E-state index contributed by atoms with van der Waals surface area (Å²) in [7, 11) is 0. The summed E-state index contributed by atoms with van der Waals surface area (Å²) < 4.78 is 2.54. The molecule has 4 heteroatoms. The van der Waals surface area contributed by atoms with E-state index in [1.165, 1.54) is 54.0 Å². The first-order chi connectivity index (χ1) is 31.2. The van der Waals surface area contributed by atoms with Crippen LogP contribution in [-0.2, 0) is 0 Å². The minimum atomic E-state index is 0.621. The van der Waals surface area contributed by atoms with E-state index in [9.17, 15) is 0 Å². The smallest absolute Gasteiger partial charge is 0.164 e. The van der Waals surface area contributed by atoms with Crippen molar-refractivity contribution >= 4 is 75.7 Å². The molecule has 0 spiro atoms. The molecule has 0 aliphatic carbocycles. The zero-order valence-corrected chi connectivity index (χ0v) is 34.1. The van der Waals surface area contributed by atoms with Gasteiger partial charge in [0.2, 0.25) is 0 Å². The summed E-state index contributed by atoms with van der Waals surface area (Å²) in [6.07, 6.45) is 0. The summed E-state index contributed by atoms with van der Waals surface area (Å²) in [6, 6.07) is 78.5. The maximum Gasteiger partial charge on any atom is 0.164 e. The molecule has 0 aliphatic heterocycles.